The van der Waals surface area contributed by atoms with Crippen molar-refractivity contribution in [1.82, 2.24) is 0 Å². The van der Waals surface area contributed by atoms with Gasteiger partial charge in [0.1, 0.15) is 12.3 Å². The standard InChI is InChI=1S/C22H23BrN4O4/c23-15-5-7-18-19(11-15)31-13-21(29)27(18)12-20(28)25-16-10-14(22(24)30)4-6-17(16)26-8-2-1-3-9-26/h4-7,10-11H,1-3,8-9,12-13H2,(H2,24,30)(H,25,28). The zero-order valence-electron chi connectivity index (χ0n) is 16.9. The summed E-state index contributed by atoms with van der Waals surface area (Å²) >= 11 is 3.38. The normalized spacial score (nSPS) is 15.8. The summed E-state index contributed by atoms with van der Waals surface area (Å²) in [5, 5.41) is 2.88. The fraction of sp³-hybridized carbons (Fsp3) is 0.318. The number of anilines is 3. The zero-order valence-corrected chi connectivity index (χ0v) is 18.5. The molecule has 0 aromatic heterocycles. The number of carbonyl (C=O) groups is 3. The summed E-state index contributed by atoms with van der Waals surface area (Å²) in [6.07, 6.45) is 3.31. The summed E-state index contributed by atoms with van der Waals surface area (Å²) in [6, 6.07) is 10.4. The Morgan fingerprint density at radius 2 is 1.81 bits per heavy atom. The lowest BCUT2D eigenvalue weighted by Gasteiger charge is -2.31. The second kappa shape index (κ2) is 8.97. The van der Waals surface area contributed by atoms with E-state index in [-0.39, 0.29) is 25.0 Å². The highest BCUT2D eigenvalue weighted by Gasteiger charge is 2.28. The van der Waals surface area contributed by atoms with Crippen LogP contribution in [0.1, 0.15) is 29.6 Å². The maximum absolute atomic E-state index is 12.9. The molecule has 4 rings (SSSR count). The Labute approximate surface area is 188 Å². The van der Waals surface area contributed by atoms with Crippen LogP contribution in [-0.4, -0.2) is 44.0 Å². The topological polar surface area (TPSA) is 105 Å². The molecule has 3 amide bonds. The van der Waals surface area contributed by atoms with Gasteiger partial charge in [-0.3, -0.25) is 19.3 Å². The van der Waals surface area contributed by atoms with E-state index in [1.807, 2.05) is 6.07 Å². The number of hydrogen-bond donors (Lipinski definition) is 2. The number of nitrogens with zero attached hydrogens (tertiary/aromatic N) is 2. The second-order valence-corrected chi connectivity index (χ2v) is 8.49. The molecule has 0 spiro atoms. The van der Waals surface area contributed by atoms with E-state index in [1.165, 1.54) is 11.3 Å². The van der Waals surface area contributed by atoms with Crippen molar-refractivity contribution in [3.63, 3.8) is 0 Å². The highest BCUT2D eigenvalue weighted by Crippen LogP contribution is 2.35. The number of rotatable bonds is 5. The highest BCUT2D eigenvalue weighted by molar-refractivity contribution is 9.10. The molecule has 0 atom stereocenters. The predicted molar refractivity (Wildman–Crippen MR) is 122 cm³/mol. The van der Waals surface area contributed by atoms with Crippen molar-refractivity contribution < 1.29 is 19.1 Å². The van der Waals surface area contributed by atoms with Crippen LogP contribution >= 0.6 is 15.9 Å². The highest BCUT2D eigenvalue weighted by atomic mass is 79.9. The lowest BCUT2D eigenvalue weighted by Crippen LogP contribution is -2.43. The van der Waals surface area contributed by atoms with Crippen molar-refractivity contribution in [3.8, 4) is 5.75 Å². The molecule has 3 N–H and O–H groups in total. The Morgan fingerprint density at radius 3 is 2.55 bits per heavy atom. The van der Waals surface area contributed by atoms with Crippen molar-refractivity contribution in [3.05, 3.63) is 46.4 Å². The number of hydrogen-bond acceptors (Lipinski definition) is 5. The number of primary amides is 1. The summed E-state index contributed by atoms with van der Waals surface area (Å²) in [6.45, 7) is 1.45. The first-order valence-corrected chi connectivity index (χ1v) is 10.9. The monoisotopic (exact) mass is 486 g/mol. The van der Waals surface area contributed by atoms with E-state index in [0.29, 0.717) is 22.7 Å². The maximum atomic E-state index is 12.9. The molecule has 2 aliphatic heterocycles. The molecule has 0 unspecified atom stereocenters. The molecule has 2 aliphatic rings. The van der Waals surface area contributed by atoms with Crippen molar-refractivity contribution in [1.29, 1.82) is 0 Å². The molecule has 1 fully saturated rings. The van der Waals surface area contributed by atoms with Crippen LogP contribution in [0.2, 0.25) is 0 Å². The van der Waals surface area contributed by atoms with E-state index in [4.69, 9.17) is 10.5 Å². The molecule has 9 heteroatoms. The van der Waals surface area contributed by atoms with Crippen LogP contribution in [0.15, 0.2) is 40.9 Å². The molecule has 2 aromatic carbocycles. The van der Waals surface area contributed by atoms with Gasteiger partial charge in [0, 0.05) is 23.1 Å². The molecule has 2 heterocycles. The number of piperidine rings is 1. The van der Waals surface area contributed by atoms with Crippen molar-refractivity contribution >= 4 is 50.7 Å². The molecular weight excluding hydrogens is 464 g/mol. The summed E-state index contributed by atoms with van der Waals surface area (Å²) < 4.78 is 6.30. The minimum absolute atomic E-state index is 0.132. The number of nitrogens with two attached hydrogens (primary N) is 1. The quantitative estimate of drug-likeness (QED) is 0.675. The van der Waals surface area contributed by atoms with E-state index in [1.54, 1.807) is 30.3 Å². The lowest BCUT2D eigenvalue weighted by molar-refractivity contribution is -0.123. The first-order chi connectivity index (χ1) is 14.9. The van der Waals surface area contributed by atoms with E-state index in [0.717, 1.165) is 36.1 Å². The maximum Gasteiger partial charge on any atom is 0.265 e. The van der Waals surface area contributed by atoms with Crippen LogP contribution in [0.5, 0.6) is 5.75 Å². The third-order valence-corrected chi connectivity index (χ3v) is 5.91. The SMILES string of the molecule is NC(=O)c1ccc(N2CCCCC2)c(NC(=O)CN2C(=O)COc3cc(Br)ccc32)c1. The summed E-state index contributed by atoms with van der Waals surface area (Å²) in [5.41, 5.74) is 7.65. The first kappa shape index (κ1) is 21.2. The van der Waals surface area contributed by atoms with Gasteiger partial charge in [-0.1, -0.05) is 15.9 Å². The van der Waals surface area contributed by atoms with E-state index in [9.17, 15) is 14.4 Å². The number of amides is 3. The van der Waals surface area contributed by atoms with Gasteiger partial charge >= 0.3 is 0 Å². The number of ether oxygens (including phenoxy) is 1. The number of carbonyl (C=O) groups excluding carboxylic acids is 3. The Kier molecular flexibility index (Phi) is 6.13. The minimum atomic E-state index is -0.566. The van der Waals surface area contributed by atoms with Gasteiger partial charge < -0.3 is 20.7 Å². The molecule has 8 nitrogen and oxygen atoms in total. The summed E-state index contributed by atoms with van der Waals surface area (Å²) in [7, 11) is 0. The van der Waals surface area contributed by atoms with Crippen LogP contribution < -0.4 is 25.6 Å². The second-order valence-electron chi connectivity index (χ2n) is 7.57. The Bertz CT molecular complexity index is 1040. The van der Waals surface area contributed by atoms with Gasteiger partial charge in [-0.05, 0) is 55.7 Å². The van der Waals surface area contributed by atoms with Crippen LogP contribution in [-0.2, 0) is 9.59 Å². The minimum Gasteiger partial charge on any atom is -0.482 e. The number of benzene rings is 2. The number of halogens is 1. The smallest absolute Gasteiger partial charge is 0.265 e. The van der Waals surface area contributed by atoms with Gasteiger partial charge in [0.05, 0.1) is 17.1 Å². The van der Waals surface area contributed by atoms with Crippen LogP contribution in [0.25, 0.3) is 0 Å². The molecule has 0 radical (unpaired) electrons. The molecule has 0 saturated carbocycles. The predicted octanol–water partition coefficient (Wildman–Crippen LogP) is 2.90. The molecule has 1 saturated heterocycles. The van der Waals surface area contributed by atoms with E-state index < -0.39 is 5.91 Å². The average molecular weight is 487 g/mol. The Balaban J connectivity index is 1.57. The van der Waals surface area contributed by atoms with Crippen LogP contribution in [0, 0.1) is 0 Å². The van der Waals surface area contributed by atoms with E-state index in [2.05, 4.69) is 26.1 Å². The third kappa shape index (κ3) is 4.66. The van der Waals surface area contributed by atoms with Gasteiger partial charge in [-0.25, -0.2) is 0 Å². The fourth-order valence-corrected chi connectivity index (χ4v) is 4.23. The van der Waals surface area contributed by atoms with Crippen molar-refractivity contribution in [2.24, 2.45) is 5.73 Å². The van der Waals surface area contributed by atoms with Crippen molar-refractivity contribution in [2.45, 2.75) is 19.3 Å². The first-order valence-electron chi connectivity index (χ1n) is 10.1. The van der Waals surface area contributed by atoms with Gasteiger partial charge in [0.2, 0.25) is 11.8 Å². The average Bonchev–Trinajstić information content (AvgIpc) is 2.76. The van der Waals surface area contributed by atoms with E-state index >= 15 is 0 Å². The van der Waals surface area contributed by atoms with Gasteiger partial charge in [-0.15, -0.1) is 0 Å². The van der Waals surface area contributed by atoms with Crippen LogP contribution in [0.3, 0.4) is 0 Å². The Morgan fingerprint density at radius 1 is 1.06 bits per heavy atom. The molecule has 162 valence electrons. The van der Waals surface area contributed by atoms with Gasteiger partial charge in [0.25, 0.3) is 5.91 Å². The third-order valence-electron chi connectivity index (χ3n) is 5.42. The van der Waals surface area contributed by atoms with Crippen molar-refractivity contribution in [2.75, 3.05) is 41.4 Å². The summed E-state index contributed by atoms with van der Waals surface area (Å²) in [5.74, 6) is -0.703. The fourth-order valence-electron chi connectivity index (χ4n) is 3.88. The zero-order chi connectivity index (χ0) is 22.0. The molecule has 0 bridgehead atoms. The molecule has 31 heavy (non-hydrogen) atoms. The number of nitrogens with one attached hydrogen (secondary N) is 1. The molecule has 0 aliphatic carbocycles. The van der Waals surface area contributed by atoms with Crippen LogP contribution in [0.4, 0.5) is 17.1 Å². The Hall–Kier alpha value is -3.07. The largest absolute Gasteiger partial charge is 0.482 e. The molecule has 2 aromatic rings. The molecular formula is C22H23BrN4O4. The number of fused-ring (bicyclic) bond motifs is 1. The lowest BCUT2D eigenvalue weighted by atomic mass is 10.1. The summed E-state index contributed by atoms with van der Waals surface area (Å²) in [4.78, 5) is 40.6. The van der Waals surface area contributed by atoms with Gasteiger partial charge in [-0.2, -0.15) is 0 Å². The van der Waals surface area contributed by atoms with Gasteiger partial charge in [0.15, 0.2) is 6.61 Å².